The van der Waals surface area contributed by atoms with Crippen LogP contribution >= 0.6 is 0 Å². The van der Waals surface area contributed by atoms with Crippen molar-refractivity contribution in [3.8, 4) is 0 Å². The molecule has 1 aromatic carbocycles. The molecule has 0 nitrogen and oxygen atoms in total. The molecule has 0 heterocycles. The monoisotopic (exact) mass is 306 g/mol. The minimum atomic E-state index is -0.791. The van der Waals surface area contributed by atoms with Crippen LogP contribution in [-0.4, -0.2) is 0 Å². The number of benzene rings is 1. The summed E-state index contributed by atoms with van der Waals surface area (Å²) in [7, 11) is 0. The van der Waals surface area contributed by atoms with Gasteiger partial charge < -0.3 is 0 Å². The summed E-state index contributed by atoms with van der Waals surface area (Å²) in [5.74, 6) is -1.57. The van der Waals surface area contributed by atoms with E-state index < -0.39 is 11.6 Å². The van der Waals surface area contributed by atoms with Crippen LogP contribution in [0.1, 0.15) is 0 Å². The molecule has 1 rings (SSSR count). The Bertz CT molecular complexity index is 222. The molecule has 0 aliphatic heterocycles. The van der Waals surface area contributed by atoms with Crippen molar-refractivity contribution in [1.82, 2.24) is 0 Å². The van der Waals surface area contributed by atoms with Gasteiger partial charge in [0.05, 0.1) is 0 Å². The van der Waals surface area contributed by atoms with Crippen molar-refractivity contribution < 1.29 is 27.7 Å². The van der Waals surface area contributed by atoms with Crippen molar-refractivity contribution in [2.75, 3.05) is 0 Å². The zero-order chi connectivity index (χ0) is 6.85. The first-order valence-electron chi connectivity index (χ1n) is 2.28. The third-order valence-electron chi connectivity index (χ3n) is 0.868. The van der Waals surface area contributed by atoms with E-state index in [1.807, 2.05) is 0 Å². The molecule has 0 N–H and O–H groups in total. The Balaban J connectivity index is 3.17. The molecule has 0 aromatic heterocycles. The minimum absolute atomic E-state index is 0.730. The summed E-state index contributed by atoms with van der Waals surface area (Å²) in [6.45, 7) is 0. The fourth-order valence-electron chi connectivity index (χ4n) is 0.461. The van der Waals surface area contributed by atoms with Gasteiger partial charge in [-0.15, -0.1) is 0 Å². The van der Waals surface area contributed by atoms with E-state index in [0.717, 1.165) is 16.2 Å². The normalized spacial score (nSPS) is 9.67. The molecule has 0 unspecified atom stereocenters. The van der Waals surface area contributed by atoms with Gasteiger partial charge >= 0.3 is 61.6 Å². The number of hydrogen-bond donors (Lipinski definition) is 0. The molecule has 48 valence electrons. The molecule has 0 fully saturated rings. The van der Waals surface area contributed by atoms with Crippen LogP contribution in [-0.2, 0) is 18.9 Å². The zero-order valence-electron chi connectivity index (χ0n) is 4.32. The van der Waals surface area contributed by atoms with Gasteiger partial charge in [0, 0.05) is 0 Å². The number of rotatable bonds is 0. The van der Waals surface area contributed by atoms with Crippen molar-refractivity contribution in [3.63, 3.8) is 0 Å². The third kappa shape index (κ3) is 1.57. The number of hydrogen-bond acceptors (Lipinski definition) is 0. The average Bonchev–Trinajstić information content (AvgIpc) is 1.80. The Labute approximate surface area is 62.0 Å². The topological polar surface area (TPSA) is 0 Å². The second kappa shape index (κ2) is 2.54. The second-order valence-corrected chi connectivity index (χ2v) is 2.92. The molecule has 0 atom stereocenters. The molecule has 0 bridgehead atoms. The van der Waals surface area contributed by atoms with Crippen LogP contribution in [0.2, 0.25) is 0 Å². The predicted octanol–water partition coefficient (Wildman–Crippen LogP) is 1.14. The van der Waals surface area contributed by atoms with Crippen LogP contribution in [0.15, 0.2) is 18.2 Å². The van der Waals surface area contributed by atoms with Crippen molar-refractivity contribution in [2.24, 2.45) is 0 Å². The van der Waals surface area contributed by atoms with Gasteiger partial charge in [0.15, 0.2) is 0 Å². The Hall–Kier alpha value is -0.271. The molecule has 0 aliphatic rings. The molecule has 0 saturated carbocycles. The Morgan fingerprint density at radius 1 is 1.11 bits per heavy atom. The molecule has 0 amide bonds. The summed E-state index contributed by atoms with van der Waals surface area (Å²) in [5.41, 5.74) is 0. The van der Waals surface area contributed by atoms with Crippen molar-refractivity contribution in [1.29, 1.82) is 0 Å². The first kappa shape index (κ1) is 6.84. The summed E-state index contributed by atoms with van der Waals surface area (Å²) in [6.07, 6.45) is 0. The number of halogens is 2. The van der Waals surface area contributed by atoms with E-state index in [-0.39, 0.29) is 0 Å². The van der Waals surface area contributed by atoms with Crippen molar-refractivity contribution in [3.05, 3.63) is 29.8 Å². The molecule has 0 spiro atoms. The van der Waals surface area contributed by atoms with Crippen LogP contribution in [0.25, 0.3) is 0 Å². The predicted molar refractivity (Wildman–Crippen MR) is 26.0 cm³/mol. The van der Waals surface area contributed by atoms with Gasteiger partial charge in [0.1, 0.15) is 0 Å². The van der Waals surface area contributed by atoms with Gasteiger partial charge in [0.2, 0.25) is 0 Å². The van der Waals surface area contributed by atoms with Crippen LogP contribution in [0.5, 0.6) is 0 Å². The summed E-state index contributed by atoms with van der Waals surface area (Å²) in [4.78, 5) is 0. The van der Waals surface area contributed by atoms with Crippen LogP contribution in [0.3, 0.4) is 0 Å². The zero-order valence-corrected chi connectivity index (χ0v) is 6.72. The van der Waals surface area contributed by atoms with Gasteiger partial charge in [-0.1, -0.05) is 0 Å². The molecule has 0 saturated heterocycles. The molecule has 1 aromatic rings. The van der Waals surface area contributed by atoms with Gasteiger partial charge in [-0.25, -0.2) is 0 Å². The maximum absolute atomic E-state index is 12.2. The standard InChI is InChI=1S/C6H3F2.Ir/c7-5-3-1-2-4-6(5)8;/h1,3-4H;/q;+2. The first-order chi connectivity index (χ1) is 4.20. The van der Waals surface area contributed by atoms with Crippen LogP contribution in [0.4, 0.5) is 8.78 Å². The van der Waals surface area contributed by atoms with E-state index in [4.69, 9.17) is 0 Å². The van der Waals surface area contributed by atoms with E-state index in [0.29, 0.717) is 0 Å². The Morgan fingerprint density at radius 2 is 1.78 bits per heavy atom. The van der Waals surface area contributed by atoms with Gasteiger partial charge in [0.25, 0.3) is 0 Å². The van der Waals surface area contributed by atoms with E-state index >= 15 is 0 Å². The van der Waals surface area contributed by atoms with Crippen molar-refractivity contribution in [2.45, 2.75) is 0 Å². The molecular formula is C6H3F2Ir+2. The second-order valence-electron chi connectivity index (χ2n) is 1.53. The fraction of sp³-hybridized carbons (Fsp3) is 0. The van der Waals surface area contributed by atoms with E-state index in [1.165, 1.54) is 6.07 Å². The SMILES string of the molecule is Fc1cc[c]([Ir+2])cc1F. The van der Waals surface area contributed by atoms with Gasteiger partial charge in [-0.3, -0.25) is 0 Å². The Morgan fingerprint density at radius 3 is 2.22 bits per heavy atom. The van der Waals surface area contributed by atoms with E-state index in [9.17, 15) is 8.78 Å². The van der Waals surface area contributed by atoms with E-state index in [1.54, 1.807) is 18.9 Å². The fourth-order valence-corrected chi connectivity index (χ4v) is 0.964. The van der Waals surface area contributed by atoms with Gasteiger partial charge in [-0.05, 0) is 0 Å². The third-order valence-corrected chi connectivity index (χ3v) is 1.61. The summed E-state index contributed by atoms with van der Waals surface area (Å²) >= 11 is 1.71. The quantitative estimate of drug-likeness (QED) is 0.674. The van der Waals surface area contributed by atoms with Gasteiger partial charge in [-0.2, -0.15) is 0 Å². The maximum atomic E-state index is 12.2. The van der Waals surface area contributed by atoms with Crippen molar-refractivity contribution >= 4 is 4.08 Å². The molecule has 3 heteroatoms. The first-order valence-corrected chi connectivity index (χ1v) is 3.48. The van der Waals surface area contributed by atoms with Crippen LogP contribution in [0, 0.1) is 11.6 Å². The van der Waals surface area contributed by atoms with Crippen LogP contribution < -0.4 is 4.08 Å². The molecule has 0 aliphatic carbocycles. The average molecular weight is 305 g/mol. The molecular weight excluding hydrogens is 302 g/mol. The molecule has 9 heavy (non-hydrogen) atoms. The molecule has 0 radical (unpaired) electrons. The summed E-state index contributed by atoms with van der Waals surface area (Å²) in [5, 5.41) is 0. The Kier molecular flexibility index (Phi) is 1.93. The summed E-state index contributed by atoms with van der Waals surface area (Å²) < 4.78 is 25.1. The summed E-state index contributed by atoms with van der Waals surface area (Å²) in [6, 6.07) is 3.80. The van der Waals surface area contributed by atoms with E-state index in [2.05, 4.69) is 0 Å².